The lowest BCUT2D eigenvalue weighted by atomic mass is 10.1. The third kappa shape index (κ3) is 3.25. The standard InChI is InChI=1S/C13H7Br2F2NO/c14-7-1-4-11(18-6-7)12(19)5-8-10(16)3-2-9(15)13(8)17/h1-4,6H,5H2. The number of benzene rings is 1. The fourth-order valence-corrected chi connectivity index (χ4v) is 2.13. The lowest BCUT2D eigenvalue weighted by Crippen LogP contribution is -2.09. The van der Waals surface area contributed by atoms with Gasteiger partial charge in [-0.1, -0.05) is 0 Å². The lowest BCUT2D eigenvalue weighted by Gasteiger charge is -2.05. The molecule has 0 N–H and O–H groups in total. The first kappa shape index (κ1) is 14.3. The summed E-state index contributed by atoms with van der Waals surface area (Å²) in [6.45, 7) is 0. The van der Waals surface area contributed by atoms with Crippen LogP contribution in [0.1, 0.15) is 16.1 Å². The van der Waals surface area contributed by atoms with Crippen molar-refractivity contribution in [3.05, 3.63) is 62.3 Å². The van der Waals surface area contributed by atoms with Gasteiger partial charge in [0.2, 0.25) is 0 Å². The van der Waals surface area contributed by atoms with E-state index < -0.39 is 17.4 Å². The van der Waals surface area contributed by atoms with E-state index >= 15 is 0 Å². The average molecular weight is 391 g/mol. The number of hydrogen-bond acceptors (Lipinski definition) is 2. The number of Topliss-reactive ketones (excluding diaryl/α,β-unsaturated/α-hetero) is 1. The van der Waals surface area contributed by atoms with Gasteiger partial charge < -0.3 is 0 Å². The molecule has 98 valence electrons. The van der Waals surface area contributed by atoms with Gasteiger partial charge in [-0.05, 0) is 56.1 Å². The highest BCUT2D eigenvalue weighted by Gasteiger charge is 2.17. The maximum Gasteiger partial charge on any atom is 0.185 e. The van der Waals surface area contributed by atoms with E-state index in [1.54, 1.807) is 6.07 Å². The molecule has 0 saturated carbocycles. The number of hydrogen-bond donors (Lipinski definition) is 0. The number of halogens is 4. The van der Waals surface area contributed by atoms with Crippen LogP contribution >= 0.6 is 31.9 Å². The highest BCUT2D eigenvalue weighted by molar-refractivity contribution is 9.10. The second kappa shape index (κ2) is 5.88. The van der Waals surface area contributed by atoms with Gasteiger partial charge in [0.05, 0.1) is 4.47 Å². The molecular formula is C13H7Br2F2NO. The maximum atomic E-state index is 13.7. The second-order valence-electron chi connectivity index (χ2n) is 3.78. The van der Waals surface area contributed by atoms with E-state index in [0.717, 1.165) is 10.5 Å². The minimum atomic E-state index is -0.759. The van der Waals surface area contributed by atoms with E-state index in [2.05, 4.69) is 36.8 Å². The van der Waals surface area contributed by atoms with Crippen molar-refractivity contribution in [2.45, 2.75) is 6.42 Å². The van der Waals surface area contributed by atoms with Crippen molar-refractivity contribution in [2.75, 3.05) is 0 Å². The normalized spacial score (nSPS) is 10.5. The van der Waals surface area contributed by atoms with Gasteiger partial charge >= 0.3 is 0 Å². The first-order valence-corrected chi connectivity index (χ1v) is 6.85. The van der Waals surface area contributed by atoms with E-state index in [4.69, 9.17) is 0 Å². The number of carbonyl (C=O) groups excluding carboxylic acids is 1. The molecule has 0 bridgehead atoms. The van der Waals surface area contributed by atoms with Crippen LogP contribution in [0.2, 0.25) is 0 Å². The molecule has 0 amide bonds. The molecule has 0 radical (unpaired) electrons. The molecule has 0 fully saturated rings. The van der Waals surface area contributed by atoms with Crippen molar-refractivity contribution in [3.8, 4) is 0 Å². The SMILES string of the molecule is O=C(Cc1c(F)ccc(Br)c1F)c1ccc(Br)cn1. The quantitative estimate of drug-likeness (QED) is 0.577. The fraction of sp³-hybridized carbons (Fsp3) is 0.0769. The first-order valence-electron chi connectivity index (χ1n) is 5.26. The molecular weight excluding hydrogens is 384 g/mol. The molecule has 2 rings (SSSR count). The van der Waals surface area contributed by atoms with Gasteiger partial charge in [0.1, 0.15) is 17.3 Å². The molecule has 6 heteroatoms. The summed E-state index contributed by atoms with van der Waals surface area (Å²) in [5.41, 5.74) is -0.0916. The van der Waals surface area contributed by atoms with Gasteiger partial charge in [0.25, 0.3) is 0 Å². The summed E-state index contributed by atoms with van der Waals surface area (Å²) >= 11 is 6.16. The van der Waals surface area contributed by atoms with E-state index in [1.165, 1.54) is 18.3 Å². The molecule has 1 heterocycles. The lowest BCUT2D eigenvalue weighted by molar-refractivity contribution is 0.0985. The Morgan fingerprint density at radius 3 is 2.53 bits per heavy atom. The molecule has 2 aromatic rings. The summed E-state index contributed by atoms with van der Waals surface area (Å²) in [7, 11) is 0. The average Bonchev–Trinajstić information content (AvgIpc) is 2.40. The van der Waals surface area contributed by atoms with Crippen LogP contribution in [-0.4, -0.2) is 10.8 Å². The van der Waals surface area contributed by atoms with Gasteiger partial charge in [-0.2, -0.15) is 0 Å². The smallest absolute Gasteiger partial charge is 0.185 e. The third-order valence-corrected chi connectivity index (χ3v) is 3.57. The predicted molar refractivity (Wildman–Crippen MR) is 74.0 cm³/mol. The molecule has 0 spiro atoms. The van der Waals surface area contributed by atoms with Gasteiger partial charge in [-0.25, -0.2) is 8.78 Å². The van der Waals surface area contributed by atoms with Crippen LogP contribution < -0.4 is 0 Å². The Bertz CT molecular complexity index is 629. The second-order valence-corrected chi connectivity index (χ2v) is 5.55. The predicted octanol–water partition coefficient (Wildman–Crippen LogP) is 4.31. The maximum absolute atomic E-state index is 13.7. The van der Waals surface area contributed by atoms with Crippen LogP contribution in [-0.2, 0) is 6.42 Å². The molecule has 0 aliphatic carbocycles. The van der Waals surface area contributed by atoms with Crippen molar-refractivity contribution in [1.29, 1.82) is 0 Å². The number of aromatic nitrogens is 1. The van der Waals surface area contributed by atoms with Gasteiger partial charge in [-0.15, -0.1) is 0 Å². The van der Waals surface area contributed by atoms with E-state index in [1.807, 2.05) is 0 Å². The van der Waals surface area contributed by atoms with Crippen molar-refractivity contribution < 1.29 is 13.6 Å². The van der Waals surface area contributed by atoms with Crippen LogP contribution in [0.25, 0.3) is 0 Å². The van der Waals surface area contributed by atoms with E-state index in [0.29, 0.717) is 0 Å². The Morgan fingerprint density at radius 2 is 1.89 bits per heavy atom. The van der Waals surface area contributed by atoms with Crippen LogP contribution in [0.3, 0.4) is 0 Å². The van der Waals surface area contributed by atoms with Gasteiger partial charge in [0.15, 0.2) is 5.78 Å². The Balaban J connectivity index is 2.29. The van der Waals surface area contributed by atoms with E-state index in [-0.39, 0.29) is 22.2 Å². The van der Waals surface area contributed by atoms with Crippen molar-refractivity contribution in [2.24, 2.45) is 0 Å². The van der Waals surface area contributed by atoms with Crippen LogP contribution in [0.5, 0.6) is 0 Å². The number of ketones is 1. The van der Waals surface area contributed by atoms with Crippen LogP contribution in [0, 0.1) is 11.6 Å². The summed E-state index contributed by atoms with van der Waals surface area (Å²) < 4.78 is 28.1. The minimum Gasteiger partial charge on any atom is -0.292 e. The highest BCUT2D eigenvalue weighted by atomic mass is 79.9. The first-order chi connectivity index (χ1) is 8.99. The minimum absolute atomic E-state index is 0.125. The highest BCUT2D eigenvalue weighted by Crippen LogP contribution is 2.23. The fourth-order valence-electron chi connectivity index (χ4n) is 1.52. The molecule has 0 aliphatic rings. The van der Waals surface area contributed by atoms with Gasteiger partial charge in [-0.3, -0.25) is 9.78 Å². The number of carbonyl (C=O) groups is 1. The zero-order valence-electron chi connectivity index (χ0n) is 9.46. The zero-order chi connectivity index (χ0) is 14.0. The summed E-state index contributed by atoms with van der Waals surface area (Å²) in [5, 5.41) is 0. The van der Waals surface area contributed by atoms with E-state index in [9.17, 15) is 13.6 Å². The molecule has 0 atom stereocenters. The number of nitrogens with zero attached hydrogens (tertiary/aromatic N) is 1. The van der Waals surface area contributed by atoms with Crippen LogP contribution in [0.4, 0.5) is 8.78 Å². The molecule has 2 nitrogen and oxygen atoms in total. The summed E-state index contributed by atoms with van der Waals surface area (Å²) in [6, 6.07) is 5.52. The van der Waals surface area contributed by atoms with Crippen molar-refractivity contribution in [3.63, 3.8) is 0 Å². The number of pyridine rings is 1. The topological polar surface area (TPSA) is 30.0 Å². The molecule has 0 unspecified atom stereocenters. The Hall–Kier alpha value is -1.14. The Labute approximate surface area is 125 Å². The zero-order valence-corrected chi connectivity index (χ0v) is 12.6. The van der Waals surface area contributed by atoms with Crippen molar-refractivity contribution in [1.82, 2.24) is 4.98 Å². The Kier molecular flexibility index (Phi) is 4.42. The Morgan fingerprint density at radius 1 is 1.16 bits per heavy atom. The third-order valence-electron chi connectivity index (χ3n) is 2.49. The summed E-state index contributed by atoms with van der Waals surface area (Å²) in [4.78, 5) is 15.8. The van der Waals surface area contributed by atoms with Gasteiger partial charge in [0, 0.05) is 22.7 Å². The number of rotatable bonds is 3. The largest absolute Gasteiger partial charge is 0.292 e. The molecule has 0 saturated heterocycles. The monoisotopic (exact) mass is 389 g/mol. The summed E-state index contributed by atoms with van der Waals surface area (Å²) in [5.74, 6) is -1.94. The molecule has 1 aromatic carbocycles. The molecule has 1 aromatic heterocycles. The molecule has 0 aliphatic heterocycles. The molecule has 19 heavy (non-hydrogen) atoms. The summed E-state index contributed by atoms with van der Waals surface area (Å²) in [6.07, 6.45) is 1.09. The van der Waals surface area contributed by atoms with Crippen molar-refractivity contribution >= 4 is 37.6 Å². The van der Waals surface area contributed by atoms with Crippen LogP contribution in [0.15, 0.2) is 39.4 Å².